The van der Waals surface area contributed by atoms with E-state index in [4.69, 9.17) is 0 Å². The number of rotatable bonds is 4. The van der Waals surface area contributed by atoms with Gasteiger partial charge in [-0.1, -0.05) is 30.3 Å². The Kier molecular flexibility index (Phi) is 4.95. The molecule has 2 N–H and O–H groups in total. The molecule has 0 radical (unpaired) electrons. The second-order valence-electron chi connectivity index (χ2n) is 6.78. The van der Waals surface area contributed by atoms with E-state index in [1.165, 1.54) is 6.42 Å². The number of carbonyl (C=O) groups excluding carboxylic acids is 2. The fourth-order valence-corrected chi connectivity index (χ4v) is 3.79. The van der Waals surface area contributed by atoms with Crippen molar-refractivity contribution in [1.29, 1.82) is 0 Å². The van der Waals surface area contributed by atoms with Gasteiger partial charge in [0, 0.05) is 5.54 Å². The highest BCUT2D eigenvalue weighted by Gasteiger charge is 2.41. The van der Waals surface area contributed by atoms with Gasteiger partial charge >= 0.3 is 0 Å². The normalized spacial score (nSPS) is 24.2. The summed E-state index contributed by atoms with van der Waals surface area (Å²) in [5.74, 6) is -0.197. The van der Waals surface area contributed by atoms with Crippen molar-refractivity contribution in [3.05, 3.63) is 35.9 Å². The van der Waals surface area contributed by atoms with Gasteiger partial charge in [-0.3, -0.25) is 9.59 Å². The number of carbonyl (C=O) groups is 2. The van der Waals surface area contributed by atoms with E-state index in [1.54, 1.807) is 0 Å². The molecule has 2 amide bonds. The van der Waals surface area contributed by atoms with Crippen LogP contribution < -0.4 is 10.6 Å². The second-order valence-corrected chi connectivity index (χ2v) is 7.41. The van der Waals surface area contributed by atoms with Gasteiger partial charge in [0.25, 0.3) is 0 Å². The van der Waals surface area contributed by atoms with Crippen LogP contribution in [-0.4, -0.2) is 28.6 Å². The molecule has 1 unspecified atom stereocenters. The molecule has 1 aromatic rings. The second kappa shape index (κ2) is 6.95. The maximum atomic E-state index is 12.4. The Hall–Kier alpha value is -1.49. The number of hydrogen-bond acceptors (Lipinski definition) is 3. The van der Waals surface area contributed by atoms with Crippen molar-refractivity contribution in [2.24, 2.45) is 0 Å². The predicted molar refractivity (Wildman–Crippen MR) is 93.4 cm³/mol. The van der Waals surface area contributed by atoms with E-state index in [0.717, 1.165) is 31.2 Å². The summed E-state index contributed by atoms with van der Waals surface area (Å²) in [6, 6.07) is 9.39. The van der Waals surface area contributed by atoms with Crippen molar-refractivity contribution in [1.82, 2.24) is 10.6 Å². The lowest BCUT2D eigenvalue weighted by Crippen LogP contribution is -2.57. The third-order valence-electron chi connectivity index (χ3n) is 5.05. The molecule has 0 aromatic heterocycles. The Morgan fingerprint density at radius 2 is 1.96 bits per heavy atom. The van der Waals surface area contributed by atoms with Crippen LogP contribution in [0.2, 0.25) is 0 Å². The number of amides is 2. The Morgan fingerprint density at radius 3 is 2.61 bits per heavy atom. The summed E-state index contributed by atoms with van der Waals surface area (Å²) in [5, 5.41) is 5.61. The fourth-order valence-electron chi connectivity index (χ4n) is 3.50. The highest BCUT2D eigenvalue weighted by atomic mass is 32.1. The maximum absolute atomic E-state index is 12.4. The molecule has 3 rings (SSSR count). The van der Waals surface area contributed by atoms with E-state index in [2.05, 4.69) is 23.3 Å². The molecule has 23 heavy (non-hydrogen) atoms. The third-order valence-corrected chi connectivity index (χ3v) is 5.47. The maximum Gasteiger partial charge on any atom is 0.243 e. The van der Waals surface area contributed by atoms with Crippen molar-refractivity contribution >= 4 is 24.4 Å². The number of thiol groups is 1. The van der Waals surface area contributed by atoms with Crippen LogP contribution in [0.25, 0.3) is 0 Å². The molecule has 1 aromatic carbocycles. The summed E-state index contributed by atoms with van der Waals surface area (Å²) >= 11 is 4.41. The van der Waals surface area contributed by atoms with E-state index < -0.39 is 11.3 Å². The first kappa shape index (κ1) is 16.4. The molecular formula is C18H24N2O2S. The van der Waals surface area contributed by atoms with Crippen LogP contribution in [0.5, 0.6) is 0 Å². The van der Waals surface area contributed by atoms with Gasteiger partial charge in [0.1, 0.15) is 6.04 Å². The Bertz CT molecular complexity index is 572. The fraction of sp³-hybridized carbons (Fsp3) is 0.556. The average Bonchev–Trinajstić information content (AvgIpc) is 2.68. The molecule has 1 aliphatic heterocycles. The summed E-state index contributed by atoms with van der Waals surface area (Å²) < 4.78 is 0. The summed E-state index contributed by atoms with van der Waals surface area (Å²) in [5.41, 5.74) is 1.09. The SMILES string of the molecule is O=C1NC2(CCCC1NC(=O)[C@@H](S)Cc1ccccc1)CCC2. The molecule has 1 saturated heterocycles. The molecule has 5 heteroatoms. The van der Waals surface area contributed by atoms with Crippen LogP contribution in [0, 0.1) is 0 Å². The van der Waals surface area contributed by atoms with Crippen molar-refractivity contribution in [3.8, 4) is 0 Å². The first-order chi connectivity index (χ1) is 11.1. The van der Waals surface area contributed by atoms with E-state index in [9.17, 15) is 9.59 Å². The topological polar surface area (TPSA) is 58.2 Å². The molecule has 1 heterocycles. The van der Waals surface area contributed by atoms with Gasteiger partial charge in [-0.15, -0.1) is 0 Å². The largest absolute Gasteiger partial charge is 0.349 e. The van der Waals surface area contributed by atoms with E-state index in [-0.39, 0.29) is 17.4 Å². The summed E-state index contributed by atoms with van der Waals surface area (Å²) in [6.07, 6.45) is 6.61. The predicted octanol–water partition coefficient (Wildman–Crippen LogP) is 2.24. The molecule has 2 fully saturated rings. The highest BCUT2D eigenvalue weighted by Crippen LogP contribution is 2.37. The minimum atomic E-state index is -0.439. The summed E-state index contributed by atoms with van der Waals surface area (Å²) in [7, 11) is 0. The lowest BCUT2D eigenvalue weighted by molar-refractivity contribution is -0.130. The molecule has 2 aliphatic rings. The molecule has 1 aliphatic carbocycles. The molecular weight excluding hydrogens is 308 g/mol. The first-order valence-corrected chi connectivity index (χ1v) is 8.94. The quantitative estimate of drug-likeness (QED) is 0.741. The van der Waals surface area contributed by atoms with Crippen molar-refractivity contribution in [3.63, 3.8) is 0 Å². The third kappa shape index (κ3) is 3.89. The number of benzene rings is 1. The summed E-state index contributed by atoms with van der Waals surface area (Å²) in [6.45, 7) is 0. The monoisotopic (exact) mass is 332 g/mol. The Labute approximate surface area is 142 Å². The number of hydrogen-bond donors (Lipinski definition) is 3. The van der Waals surface area contributed by atoms with Gasteiger partial charge in [0.15, 0.2) is 0 Å². The average molecular weight is 332 g/mol. The number of nitrogens with one attached hydrogen (secondary N) is 2. The zero-order chi connectivity index (χ0) is 16.3. The molecule has 1 spiro atoms. The Balaban J connectivity index is 1.55. The molecule has 0 bridgehead atoms. The van der Waals surface area contributed by atoms with Crippen LogP contribution in [0.4, 0.5) is 0 Å². The summed E-state index contributed by atoms with van der Waals surface area (Å²) in [4.78, 5) is 24.7. The van der Waals surface area contributed by atoms with Crippen LogP contribution in [-0.2, 0) is 16.0 Å². The zero-order valence-corrected chi connectivity index (χ0v) is 14.1. The zero-order valence-electron chi connectivity index (χ0n) is 13.3. The first-order valence-electron chi connectivity index (χ1n) is 8.42. The smallest absolute Gasteiger partial charge is 0.243 e. The van der Waals surface area contributed by atoms with Crippen LogP contribution >= 0.6 is 12.6 Å². The van der Waals surface area contributed by atoms with Crippen LogP contribution in [0.1, 0.15) is 44.1 Å². The van der Waals surface area contributed by atoms with Gasteiger partial charge in [-0.05, 0) is 50.5 Å². The van der Waals surface area contributed by atoms with Crippen LogP contribution in [0.3, 0.4) is 0 Å². The van der Waals surface area contributed by atoms with E-state index in [1.807, 2.05) is 30.3 Å². The minimum absolute atomic E-state index is 0.0148. The molecule has 2 atom stereocenters. The molecule has 4 nitrogen and oxygen atoms in total. The van der Waals surface area contributed by atoms with Gasteiger partial charge in [-0.25, -0.2) is 0 Å². The molecule has 1 saturated carbocycles. The van der Waals surface area contributed by atoms with Gasteiger partial charge < -0.3 is 10.6 Å². The lowest BCUT2D eigenvalue weighted by Gasteiger charge is -2.42. The van der Waals surface area contributed by atoms with Crippen LogP contribution in [0.15, 0.2) is 30.3 Å². The Morgan fingerprint density at radius 1 is 1.26 bits per heavy atom. The molecule has 124 valence electrons. The van der Waals surface area contributed by atoms with E-state index in [0.29, 0.717) is 12.8 Å². The highest BCUT2D eigenvalue weighted by molar-refractivity contribution is 7.81. The van der Waals surface area contributed by atoms with Gasteiger partial charge in [0.2, 0.25) is 11.8 Å². The standard InChI is InChI=1S/C18H24N2O2S/c21-16-14(8-4-9-18(20-16)10-5-11-18)19-17(22)15(23)12-13-6-2-1-3-7-13/h1-3,6-7,14-15,23H,4-5,8-12H2,(H,19,22)(H,20,21)/t14?,15-/m0/s1. The lowest BCUT2D eigenvalue weighted by atomic mass is 9.74. The van der Waals surface area contributed by atoms with Gasteiger partial charge in [-0.2, -0.15) is 12.6 Å². The van der Waals surface area contributed by atoms with Crippen molar-refractivity contribution in [2.75, 3.05) is 0 Å². The van der Waals surface area contributed by atoms with Crippen molar-refractivity contribution < 1.29 is 9.59 Å². The minimum Gasteiger partial charge on any atom is -0.349 e. The van der Waals surface area contributed by atoms with Crippen molar-refractivity contribution in [2.45, 2.75) is 61.8 Å². The van der Waals surface area contributed by atoms with Gasteiger partial charge in [0.05, 0.1) is 5.25 Å². The van der Waals surface area contributed by atoms with E-state index >= 15 is 0 Å².